The van der Waals surface area contributed by atoms with Gasteiger partial charge in [-0.25, -0.2) is 0 Å². The summed E-state index contributed by atoms with van der Waals surface area (Å²) in [6, 6.07) is 8.40. The Kier molecular flexibility index (Phi) is 4.10. The zero-order valence-electron chi connectivity index (χ0n) is 13.3. The topological polar surface area (TPSA) is 80.1 Å². The smallest absolute Gasteiger partial charge is 0.200 e. The second kappa shape index (κ2) is 6.41. The summed E-state index contributed by atoms with van der Waals surface area (Å²) in [5.41, 5.74) is 4.01. The maximum absolute atomic E-state index is 5.38. The highest BCUT2D eigenvalue weighted by atomic mass is 79.9. The van der Waals surface area contributed by atoms with Gasteiger partial charge in [0.05, 0.1) is 29.1 Å². The number of aromatic amines is 2. The Labute approximate surface area is 156 Å². The van der Waals surface area contributed by atoms with Gasteiger partial charge < -0.3 is 0 Å². The van der Waals surface area contributed by atoms with E-state index in [0.29, 0.717) is 17.1 Å². The van der Waals surface area contributed by atoms with Crippen LogP contribution < -0.4 is 0 Å². The summed E-state index contributed by atoms with van der Waals surface area (Å²) >= 11 is 8.84. The Morgan fingerprint density at radius 1 is 1.16 bits per heavy atom. The van der Waals surface area contributed by atoms with Crippen molar-refractivity contribution in [2.45, 2.75) is 13.5 Å². The van der Waals surface area contributed by atoms with Crippen molar-refractivity contribution in [3.63, 3.8) is 0 Å². The van der Waals surface area contributed by atoms with Crippen LogP contribution in [0, 0.1) is 11.7 Å². The first-order chi connectivity index (χ1) is 12.1. The number of halogens is 1. The summed E-state index contributed by atoms with van der Waals surface area (Å²) < 4.78 is 5.01. The van der Waals surface area contributed by atoms with Gasteiger partial charge in [-0.2, -0.15) is 15.3 Å². The van der Waals surface area contributed by atoms with Crippen LogP contribution in [0.25, 0.3) is 17.2 Å². The van der Waals surface area contributed by atoms with Crippen LogP contribution in [0.1, 0.15) is 11.1 Å². The molecule has 0 amide bonds. The van der Waals surface area contributed by atoms with Crippen molar-refractivity contribution in [1.29, 1.82) is 0 Å². The molecule has 0 aliphatic heterocycles. The lowest BCUT2D eigenvalue weighted by molar-refractivity contribution is 0.686. The monoisotopic (exact) mass is 415 g/mol. The van der Waals surface area contributed by atoms with E-state index in [1.165, 1.54) is 11.1 Å². The van der Waals surface area contributed by atoms with Crippen LogP contribution >= 0.6 is 28.1 Å². The van der Waals surface area contributed by atoms with Gasteiger partial charge >= 0.3 is 0 Å². The number of hydrogen-bond acceptors (Lipinski definition) is 4. The largest absolute Gasteiger partial charge is 0.273 e. The third-order valence-corrected chi connectivity index (χ3v) is 4.71. The zero-order chi connectivity index (χ0) is 17.4. The molecule has 0 radical (unpaired) electrons. The van der Waals surface area contributed by atoms with E-state index in [-0.39, 0.29) is 0 Å². The van der Waals surface area contributed by atoms with Crippen LogP contribution in [-0.2, 0) is 6.54 Å². The lowest BCUT2D eigenvalue weighted by Gasteiger charge is -2.03. The van der Waals surface area contributed by atoms with E-state index in [4.69, 9.17) is 12.2 Å². The predicted molar refractivity (Wildman–Crippen MR) is 100 cm³/mol. The van der Waals surface area contributed by atoms with Crippen molar-refractivity contribution in [3.05, 3.63) is 63.2 Å². The summed E-state index contributed by atoms with van der Waals surface area (Å²) in [5.74, 6) is 0.643. The second-order valence-electron chi connectivity index (χ2n) is 5.66. The van der Waals surface area contributed by atoms with Crippen LogP contribution in [0.5, 0.6) is 0 Å². The summed E-state index contributed by atoms with van der Waals surface area (Å²) in [5, 5.41) is 18.5. The quantitative estimate of drug-likeness (QED) is 0.498. The molecule has 0 aliphatic carbocycles. The SMILES string of the molecule is Cc1ccc(Cn2cc(-n3c(-c4[nH]ncc4Br)n[nH]c3=S)cn2)cc1. The molecule has 0 saturated carbocycles. The molecule has 0 spiro atoms. The van der Waals surface area contributed by atoms with Crippen LogP contribution in [0.3, 0.4) is 0 Å². The Morgan fingerprint density at radius 3 is 2.68 bits per heavy atom. The molecule has 7 nitrogen and oxygen atoms in total. The molecule has 126 valence electrons. The minimum atomic E-state index is 0.492. The number of hydrogen-bond donors (Lipinski definition) is 2. The first-order valence-electron chi connectivity index (χ1n) is 7.57. The minimum Gasteiger partial charge on any atom is -0.273 e. The summed E-state index contributed by atoms with van der Waals surface area (Å²) in [6.07, 6.45) is 5.39. The number of aryl methyl sites for hydroxylation is 1. The molecule has 0 atom stereocenters. The Bertz CT molecular complexity index is 1070. The molecule has 0 unspecified atom stereocenters. The molecule has 25 heavy (non-hydrogen) atoms. The lowest BCUT2D eigenvalue weighted by Crippen LogP contribution is -2.00. The fourth-order valence-corrected chi connectivity index (χ4v) is 3.17. The third-order valence-electron chi connectivity index (χ3n) is 3.83. The Balaban J connectivity index is 1.69. The fraction of sp³-hybridized carbons (Fsp3) is 0.125. The van der Waals surface area contributed by atoms with E-state index in [0.717, 1.165) is 15.9 Å². The van der Waals surface area contributed by atoms with Crippen LogP contribution in [0.4, 0.5) is 0 Å². The molecule has 1 aromatic carbocycles. The predicted octanol–water partition coefficient (Wildman–Crippen LogP) is 3.64. The van der Waals surface area contributed by atoms with Crippen molar-refractivity contribution in [3.8, 4) is 17.2 Å². The van der Waals surface area contributed by atoms with E-state index in [1.807, 2.05) is 15.4 Å². The molecule has 2 N–H and O–H groups in total. The number of nitrogens with one attached hydrogen (secondary N) is 2. The molecule has 0 fully saturated rings. The first-order valence-corrected chi connectivity index (χ1v) is 8.77. The van der Waals surface area contributed by atoms with Gasteiger partial charge in [0.25, 0.3) is 0 Å². The van der Waals surface area contributed by atoms with Gasteiger partial charge in [0.2, 0.25) is 0 Å². The summed E-state index contributed by atoms with van der Waals surface area (Å²) in [4.78, 5) is 0. The van der Waals surface area contributed by atoms with Gasteiger partial charge in [-0.3, -0.25) is 19.4 Å². The summed E-state index contributed by atoms with van der Waals surface area (Å²) in [6.45, 7) is 2.76. The van der Waals surface area contributed by atoms with E-state index < -0.39 is 0 Å². The van der Waals surface area contributed by atoms with Gasteiger partial charge in [0.1, 0.15) is 5.69 Å². The average molecular weight is 416 g/mol. The second-order valence-corrected chi connectivity index (χ2v) is 6.90. The highest BCUT2D eigenvalue weighted by Gasteiger charge is 2.16. The minimum absolute atomic E-state index is 0.492. The summed E-state index contributed by atoms with van der Waals surface area (Å²) in [7, 11) is 0. The van der Waals surface area contributed by atoms with Gasteiger partial charge in [0, 0.05) is 6.20 Å². The van der Waals surface area contributed by atoms with Gasteiger partial charge in [-0.05, 0) is 40.6 Å². The molecular weight excluding hydrogens is 402 g/mol. The third kappa shape index (κ3) is 3.08. The zero-order valence-corrected chi connectivity index (χ0v) is 15.7. The van der Waals surface area contributed by atoms with Crippen LogP contribution in [0.15, 0.2) is 47.3 Å². The van der Waals surface area contributed by atoms with Gasteiger partial charge in [-0.1, -0.05) is 29.8 Å². The van der Waals surface area contributed by atoms with Crippen LogP contribution in [-0.4, -0.2) is 34.7 Å². The van der Waals surface area contributed by atoms with E-state index in [2.05, 4.69) is 72.6 Å². The van der Waals surface area contributed by atoms with E-state index in [9.17, 15) is 0 Å². The highest BCUT2D eigenvalue weighted by molar-refractivity contribution is 9.10. The maximum Gasteiger partial charge on any atom is 0.200 e. The van der Waals surface area contributed by atoms with Crippen LogP contribution in [0.2, 0.25) is 0 Å². The molecule has 4 aromatic rings. The van der Waals surface area contributed by atoms with Crippen molar-refractivity contribution >= 4 is 28.1 Å². The molecule has 0 bridgehead atoms. The first kappa shape index (κ1) is 16.0. The molecular formula is C16H14BrN7S. The Morgan fingerprint density at radius 2 is 1.96 bits per heavy atom. The number of benzene rings is 1. The van der Waals surface area contributed by atoms with Gasteiger partial charge in [-0.15, -0.1) is 0 Å². The average Bonchev–Trinajstić information content (AvgIpc) is 3.30. The highest BCUT2D eigenvalue weighted by Crippen LogP contribution is 2.26. The number of aromatic nitrogens is 7. The van der Waals surface area contributed by atoms with Crippen molar-refractivity contribution in [2.24, 2.45) is 0 Å². The number of H-pyrrole nitrogens is 2. The van der Waals surface area contributed by atoms with Gasteiger partial charge in [0.15, 0.2) is 10.6 Å². The maximum atomic E-state index is 5.38. The lowest BCUT2D eigenvalue weighted by atomic mass is 10.1. The molecule has 0 aliphatic rings. The molecule has 0 saturated heterocycles. The fourth-order valence-electron chi connectivity index (χ4n) is 2.57. The molecule has 9 heteroatoms. The standard InChI is InChI=1S/C16H14BrN7S/c1-10-2-4-11(5-3-10)8-23-9-12(6-19-23)24-15(21-22-16(24)25)14-13(17)7-18-20-14/h2-7,9H,8H2,1H3,(H,18,20)(H,22,25). The number of rotatable bonds is 4. The molecule has 3 heterocycles. The van der Waals surface area contributed by atoms with Crippen molar-refractivity contribution in [1.82, 2.24) is 34.7 Å². The van der Waals surface area contributed by atoms with Crippen molar-refractivity contribution in [2.75, 3.05) is 0 Å². The molecule has 3 aromatic heterocycles. The normalized spacial score (nSPS) is 11.1. The number of nitrogens with zero attached hydrogens (tertiary/aromatic N) is 5. The van der Waals surface area contributed by atoms with E-state index >= 15 is 0 Å². The molecule has 4 rings (SSSR count). The Hall–Kier alpha value is -2.52. The van der Waals surface area contributed by atoms with E-state index in [1.54, 1.807) is 12.4 Å². The van der Waals surface area contributed by atoms with Crippen molar-refractivity contribution < 1.29 is 0 Å².